The molecule has 1 aliphatic carbocycles. The molecule has 110 valence electrons. The third kappa shape index (κ3) is 4.82. The lowest BCUT2D eigenvalue weighted by Crippen LogP contribution is -2.48. The molecule has 0 aromatic rings. The van der Waals surface area contributed by atoms with Crippen LogP contribution in [0.2, 0.25) is 0 Å². The van der Waals surface area contributed by atoms with Crippen molar-refractivity contribution < 1.29 is 19.1 Å². The Bertz CT molecular complexity index is 336. The summed E-state index contributed by atoms with van der Waals surface area (Å²) >= 11 is 0. The monoisotopic (exact) mass is 271 g/mol. The molecule has 0 aromatic heterocycles. The van der Waals surface area contributed by atoms with E-state index >= 15 is 0 Å². The van der Waals surface area contributed by atoms with Crippen LogP contribution in [-0.4, -0.2) is 36.2 Å². The van der Waals surface area contributed by atoms with Crippen LogP contribution < -0.4 is 5.32 Å². The summed E-state index contributed by atoms with van der Waals surface area (Å²) in [6.07, 6.45) is 3.19. The Kier molecular flexibility index (Phi) is 4.96. The minimum absolute atomic E-state index is 0.167. The van der Waals surface area contributed by atoms with Gasteiger partial charge in [-0.3, -0.25) is 4.79 Å². The molecule has 0 bridgehead atoms. The molecule has 1 saturated carbocycles. The van der Waals surface area contributed by atoms with Crippen LogP contribution in [0.4, 0.5) is 0 Å². The normalized spacial score (nSPS) is 19.2. The van der Waals surface area contributed by atoms with Crippen molar-refractivity contribution >= 4 is 11.9 Å². The first-order valence-corrected chi connectivity index (χ1v) is 6.75. The molecule has 0 unspecified atom stereocenters. The highest BCUT2D eigenvalue weighted by Crippen LogP contribution is 2.37. The van der Waals surface area contributed by atoms with Gasteiger partial charge in [0, 0.05) is 7.11 Å². The number of carbonyl (C=O) groups is 2. The molecule has 1 fully saturated rings. The van der Waals surface area contributed by atoms with Crippen molar-refractivity contribution in [3.05, 3.63) is 0 Å². The Balaban J connectivity index is 2.41. The van der Waals surface area contributed by atoms with Gasteiger partial charge in [0.15, 0.2) is 0 Å². The van der Waals surface area contributed by atoms with E-state index in [9.17, 15) is 9.59 Å². The van der Waals surface area contributed by atoms with E-state index in [0.29, 0.717) is 6.42 Å². The fourth-order valence-electron chi connectivity index (χ4n) is 2.06. The second kappa shape index (κ2) is 5.90. The molecule has 1 amide bonds. The number of ether oxygens (including phenoxy) is 2. The Hall–Kier alpha value is -1.10. The zero-order valence-corrected chi connectivity index (χ0v) is 12.5. The first kappa shape index (κ1) is 16.0. The molecule has 1 atom stereocenters. The van der Waals surface area contributed by atoms with Gasteiger partial charge in [0.25, 0.3) is 0 Å². The van der Waals surface area contributed by atoms with Crippen molar-refractivity contribution in [2.45, 2.75) is 70.6 Å². The SMILES string of the molecule is COC1(CC(=O)N[C@@H](C)C(=O)OC(C)(C)C)CCC1. The highest BCUT2D eigenvalue weighted by atomic mass is 16.6. The maximum absolute atomic E-state index is 11.9. The topological polar surface area (TPSA) is 64.6 Å². The predicted octanol–water partition coefficient (Wildman–Crippen LogP) is 1.79. The molecule has 0 heterocycles. The Morgan fingerprint density at radius 2 is 1.89 bits per heavy atom. The van der Waals surface area contributed by atoms with E-state index in [2.05, 4.69) is 5.32 Å². The van der Waals surface area contributed by atoms with Crippen molar-refractivity contribution in [1.82, 2.24) is 5.32 Å². The molecular weight excluding hydrogens is 246 g/mol. The molecule has 0 saturated heterocycles. The van der Waals surface area contributed by atoms with Crippen molar-refractivity contribution in [1.29, 1.82) is 0 Å². The number of esters is 1. The lowest BCUT2D eigenvalue weighted by molar-refractivity contribution is -0.159. The second-order valence-corrected chi connectivity index (χ2v) is 6.24. The molecule has 1 rings (SSSR count). The quantitative estimate of drug-likeness (QED) is 0.774. The number of hydrogen-bond acceptors (Lipinski definition) is 4. The molecule has 5 heteroatoms. The summed E-state index contributed by atoms with van der Waals surface area (Å²) in [5, 5.41) is 2.67. The maximum atomic E-state index is 11.9. The van der Waals surface area contributed by atoms with Gasteiger partial charge in [0.05, 0.1) is 12.0 Å². The van der Waals surface area contributed by atoms with Gasteiger partial charge >= 0.3 is 5.97 Å². The molecule has 1 N–H and O–H groups in total. The van der Waals surface area contributed by atoms with Crippen LogP contribution in [0.3, 0.4) is 0 Å². The number of hydrogen-bond donors (Lipinski definition) is 1. The molecule has 0 radical (unpaired) electrons. The molecule has 5 nitrogen and oxygen atoms in total. The summed E-state index contributed by atoms with van der Waals surface area (Å²) in [5.41, 5.74) is -0.866. The maximum Gasteiger partial charge on any atom is 0.328 e. The minimum Gasteiger partial charge on any atom is -0.458 e. The smallest absolute Gasteiger partial charge is 0.328 e. The lowest BCUT2D eigenvalue weighted by Gasteiger charge is -2.40. The van der Waals surface area contributed by atoms with Crippen LogP contribution in [0, 0.1) is 0 Å². The largest absolute Gasteiger partial charge is 0.458 e. The molecule has 19 heavy (non-hydrogen) atoms. The zero-order valence-electron chi connectivity index (χ0n) is 12.5. The summed E-state index contributed by atoms with van der Waals surface area (Å²) in [4.78, 5) is 23.6. The Morgan fingerprint density at radius 3 is 2.26 bits per heavy atom. The Morgan fingerprint density at radius 1 is 1.32 bits per heavy atom. The van der Waals surface area contributed by atoms with Gasteiger partial charge in [0.2, 0.25) is 5.91 Å². The first-order chi connectivity index (χ1) is 8.67. The van der Waals surface area contributed by atoms with Gasteiger partial charge in [-0.25, -0.2) is 4.79 Å². The summed E-state index contributed by atoms with van der Waals surface area (Å²) < 4.78 is 10.6. The van der Waals surface area contributed by atoms with Crippen molar-refractivity contribution in [2.24, 2.45) is 0 Å². The summed E-state index contributed by atoms with van der Waals surface area (Å²) in [6, 6.07) is -0.638. The van der Waals surface area contributed by atoms with Gasteiger partial charge in [-0.2, -0.15) is 0 Å². The number of nitrogens with one attached hydrogen (secondary N) is 1. The van der Waals surface area contributed by atoms with Crippen LogP contribution in [0.25, 0.3) is 0 Å². The van der Waals surface area contributed by atoms with E-state index in [1.54, 1.807) is 34.8 Å². The minimum atomic E-state index is -0.638. The molecule has 0 aromatic carbocycles. The van der Waals surface area contributed by atoms with Crippen molar-refractivity contribution in [3.63, 3.8) is 0 Å². The average molecular weight is 271 g/mol. The fourth-order valence-corrected chi connectivity index (χ4v) is 2.06. The van der Waals surface area contributed by atoms with E-state index in [4.69, 9.17) is 9.47 Å². The zero-order chi connectivity index (χ0) is 14.7. The van der Waals surface area contributed by atoms with Gasteiger partial charge in [-0.15, -0.1) is 0 Å². The lowest BCUT2D eigenvalue weighted by atomic mass is 9.77. The summed E-state index contributed by atoms with van der Waals surface area (Å²) in [6.45, 7) is 7.03. The van der Waals surface area contributed by atoms with Gasteiger partial charge in [-0.1, -0.05) is 0 Å². The number of carbonyl (C=O) groups excluding carboxylic acids is 2. The summed E-state index contributed by atoms with van der Waals surface area (Å²) in [5.74, 6) is -0.583. The van der Waals surface area contributed by atoms with E-state index in [1.165, 1.54) is 0 Å². The molecule has 0 aliphatic heterocycles. The highest BCUT2D eigenvalue weighted by molar-refractivity contribution is 5.84. The van der Waals surface area contributed by atoms with E-state index in [0.717, 1.165) is 19.3 Å². The van der Waals surface area contributed by atoms with Gasteiger partial charge < -0.3 is 14.8 Å². The standard InChI is InChI=1S/C14H25NO4/c1-10(12(17)19-13(2,3)4)15-11(16)9-14(18-5)7-6-8-14/h10H,6-9H2,1-5H3,(H,15,16)/t10-/m0/s1. The first-order valence-electron chi connectivity index (χ1n) is 6.75. The van der Waals surface area contributed by atoms with E-state index < -0.39 is 17.6 Å². The average Bonchev–Trinajstić information content (AvgIpc) is 2.21. The number of methoxy groups -OCH3 is 1. The summed E-state index contributed by atoms with van der Waals surface area (Å²) in [7, 11) is 1.63. The van der Waals surface area contributed by atoms with Crippen LogP contribution in [-0.2, 0) is 19.1 Å². The fraction of sp³-hybridized carbons (Fsp3) is 0.857. The van der Waals surface area contributed by atoms with Crippen LogP contribution in [0.5, 0.6) is 0 Å². The third-order valence-corrected chi connectivity index (χ3v) is 3.32. The predicted molar refractivity (Wildman–Crippen MR) is 71.7 cm³/mol. The van der Waals surface area contributed by atoms with Crippen molar-refractivity contribution in [3.8, 4) is 0 Å². The van der Waals surface area contributed by atoms with E-state index in [-0.39, 0.29) is 11.5 Å². The highest BCUT2D eigenvalue weighted by Gasteiger charge is 2.39. The molecule has 0 spiro atoms. The van der Waals surface area contributed by atoms with Crippen LogP contribution in [0.15, 0.2) is 0 Å². The number of amides is 1. The van der Waals surface area contributed by atoms with Gasteiger partial charge in [-0.05, 0) is 47.0 Å². The Labute approximate surface area is 115 Å². The number of rotatable bonds is 5. The molecule has 1 aliphatic rings. The second-order valence-electron chi connectivity index (χ2n) is 6.24. The molecular formula is C14H25NO4. The third-order valence-electron chi connectivity index (χ3n) is 3.32. The van der Waals surface area contributed by atoms with Crippen molar-refractivity contribution in [2.75, 3.05) is 7.11 Å². The van der Waals surface area contributed by atoms with Crippen LogP contribution in [0.1, 0.15) is 53.4 Å². The van der Waals surface area contributed by atoms with Gasteiger partial charge in [0.1, 0.15) is 11.6 Å². The van der Waals surface area contributed by atoms with E-state index in [1.807, 2.05) is 0 Å². The van der Waals surface area contributed by atoms with Crippen LogP contribution >= 0.6 is 0 Å².